The normalized spacial score (nSPS) is 16.4. The Labute approximate surface area is 112 Å². The summed E-state index contributed by atoms with van der Waals surface area (Å²) in [5.74, 6) is 0.563. The molecule has 1 atom stereocenters. The number of nitrogens with zero attached hydrogens (tertiary/aromatic N) is 2. The standard InChI is InChI=1S/C13H20N4O2/c1-19-9-10(14)13(18)16-11-5-4-6-15-12(11)17-7-2-3-8-17/h4-6,10H,2-3,7-9,14H2,1H3,(H,16,18). The summed E-state index contributed by atoms with van der Waals surface area (Å²) in [5, 5.41) is 2.82. The number of ether oxygens (including phenoxy) is 1. The lowest BCUT2D eigenvalue weighted by Crippen LogP contribution is -2.39. The van der Waals surface area contributed by atoms with E-state index >= 15 is 0 Å². The van der Waals surface area contributed by atoms with E-state index in [0.29, 0.717) is 5.69 Å². The molecule has 0 spiro atoms. The van der Waals surface area contributed by atoms with E-state index in [2.05, 4.69) is 15.2 Å². The molecule has 1 aromatic heterocycles. The van der Waals surface area contributed by atoms with Crippen molar-refractivity contribution in [2.45, 2.75) is 18.9 Å². The minimum atomic E-state index is -0.670. The van der Waals surface area contributed by atoms with Crippen LogP contribution >= 0.6 is 0 Å². The van der Waals surface area contributed by atoms with E-state index in [0.717, 1.165) is 31.7 Å². The topological polar surface area (TPSA) is 80.5 Å². The van der Waals surface area contributed by atoms with Crippen LogP contribution in [0.5, 0.6) is 0 Å². The third-order valence-corrected chi connectivity index (χ3v) is 3.13. The zero-order chi connectivity index (χ0) is 13.7. The quantitative estimate of drug-likeness (QED) is 0.813. The van der Waals surface area contributed by atoms with E-state index in [-0.39, 0.29) is 12.5 Å². The summed E-state index contributed by atoms with van der Waals surface area (Å²) < 4.78 is 4.88. The second kappa shape index (κ2) is 6.49. The molecule has 1 unspecified atom stereocenters. The lowest BCUT2D eigenvalue weighted by atomic mass is 10.3. The molecular weight excluding hydrogens is 244 g/mol. The first-order valence-electron chi connectivity index (χ1n) is 6.47. The molecule has 2 heterocycles. The van der Waals surface area contributed by atoms with E-state index < -0.39 is 6.04 Å². The number of anilines is 2. The smallest absolute Gasteiger partial charge is 0.243 e. The number of rotatable bonds is 5. The molecule has 1 saturated heterocycles. The second-order valence-electron chi connectivity index (χ2n) is 4.62. The lowest BCUT2D eigenvalue weighted by Gasteiger charge is -2.20. The first-order valence-corrected chi connectivity index (χ1v) is 6.47. The Morgan fingerprint density at radius 1 is 1.58 bits per heavy atom. The van der Waals surface area contributed by atoms with Gasteiger partial charge in [0.15, 0.2) is 5.82 Å². The number of carbonyl (C=O) groups is 1. The van der Waals surface area contributed by atoms with Crippen molar-refractivity contribution in [2.24, 2.45) is 5.73 Å². The van der Waals surface area contributed by atoms with Crippen LogP contribution in [0.25, 0.3) is 0 Å². The summed E-state index contributed by atoms with van der Waals surface area (Å²) >= 11 is 0. The molecule has 6 nitrogen and oxygen atoms in total. The summed E-state index contributed by atoms with van der Waals surface area (Å²) in [4.78, 5) is 18.4. The number of nitrogens with one attached hydrogen (secondary N) is 1. The Balaban J connectivity index is 2.09. The molecule has 1 aromatic rings. The molecule has 0 aliphatic carbocycles. The Morgan fingerprint density at radius 3 is 3.00 bits per heavy atom. The van der Waals surface area contributed by atoms with Crippen LogP contribution in [0.2, 0.25) is 0 Å². The third-order valence-electron chi connectivity index (χ3n) is 3.13. The number of nitrogens with two attached hydrogens (primary N) is 1. The molecule has 0 aromatic carbocycles. The number of amides is 1. The summed E-state index contributed by atoms with van der Waals surface area (Å²) in [6, 6.07) is 2.98. The number of aromatic nitrogens is 1. The number of carbonyl (C=O) groups excluding carboxylic acids is 1. The van der Waals surface area contributed by atoms with Crippen molar-refractivity contribution in [2.75, 3.05) is 37.0 Å². The Morgan fingerprint density at radius 2 is 2.32 bits per heavy atom. The van der Waals surface area contributed by atoms with E-state index in [1.807, 2.05) is 6.07 Å². The van der Waals surface area contributed by atoms with Crippen molar-refractivity contribution in [1.29, 1.82) is 0 Å². The monoisotopic (exact) mass is 264 g/mol. The number of hydrogen-bond donors (Lipinski definition) is 2. The summed E-state index contributed by atoms with van der Waals surface area (Å²) in [7, 11) is 1.52. The van der Waals surface area contributed by atoms with Crippen molar-refractivity contribution < 1.29 is 9.53 Å². The SMILES string of the molecule is COCC(N)C(=O)Nc1cccnc1N1CCCC1. The maximum Gasteiger partial charge on any atom is 0.243 e. The van der Waals surface area contributed by atoms with Gasteiger partial charge < -0.3 is 20.7 Å². The zero-order valence-corrected chi connectivity index (χ0v) is 11.1. The molecule has 6 heteroatoms. The van der Waals surface area contributed by atoms with Gasteiger partial charge in [0.1, 0.15) is 6.04 Å². The average Bonchev–Trinajstić information content (AvgIpc) is 2.93. The average molecular weight is 264 g/mol. The molecule has 19 heavy (non-hydrogen) atoms. The van der Waals surface area contributed by atoms with Crippen LogP contribution in [-0.4, -0.2) is 43.7 Å². The first kappa shape index (κ1) is 13.8. The van der Waals surface area contributed by atoms with E-state index in [4.69, 9.17) is 10.5 Å². The summed E-state index contributed by atoms with van der Waals surface area (Å²) in [5.41, 5.74) is 6.42. The van der Waals surface area contributed by atoms with E-state index in [1.54, 1.807) is 12.3 Å². The maximum absolute atomic E-state index is 11.9. The molecule has 104 valence electrons. The van der Waals surface area contributed by atoms with Crippen molar-refractivity contribution >= 4 is 17.4 Å². The van der Waals surface area contributed by atoms with Gasteiger partial charge in [-0.2, -0.15) is 0 Å². The second-order valence-corrected chi connectivity index (χ2v) is 4.62. The van der Waals surface area contributed by atoms with Crippen molar-refractivity contribution in [3.05, 3.63) is 18.3 Å². The minimum absolute atomic E-state index is 0.200. The van der Waals surface area contributed by atoms with E-state index in [9.17, 15) is 4.79 Å². The number of hydrogen-bond acceptors (Lipinski definition) is 5. The molecule has 2 rings (SSSR count). The number of methoxy groups -OCH3 is 1. The van der Waals surface area contributed by atoms with Crippen molar-refractivity contribution in [1.82, 2.24) is 4.98 Å². The molecule has 1 fully saturated rings. The van der Waals surface area contributed by atoms with Gasteiger partial charge in [0, 0.05) is 26.4 Å². The fourth-order valence-electron chi connectivity index (χ4n) is 2.16. The summed E-state index contributed by atoms with van der Waals surface area (Å²) in [6.07, 6.45) is 4.05. The van der Waals surface area contributed by atoms with Crippen LogP contribution in [0, 0.1) is 0 Å². The van der Waals surface area contributed by atoms with Gasteiger partial charge in [-0.25, -0.2) is 4.98 Å². The maximum atomic E-state index is 11.9. The van der Waals surface area contributed by atoms with Gasteiger partial charge in [0.25, 0.3) is 0 Å². The number of pyridine rings is 1. The van der Waals surface area contributed by atoms with Crippen LogP contribution in [0.15, 0.2) is 18.3 Å². The predicted molar refractivity (Wildman–Crippen MR) is 74.2 cm³/mol. The van der Waals surface area contributed by atoms with Gasteiger partial charge in [-0.1, -0.05) is 0 Å². The van der Waals surface area contributed by atoms with E-state index in [1.165, 1.54) is 7.11 Å². The fraction of sp³-hybridized carbons (Fsp3) is 0.538. The molecule has 0 bridgehead atoms. The molecule has 0 saturated carbocycles. The highest BCUT2D eigenvalue weighted by molar-refractivity contribution is 5.97. The van der Waals surface area contributed by atoms with Gasteiger partial charge >= 0.3 is 0 Å². The van der Waals surface area contributed by atoms with Crippen LogP contribution in [0.3, 0.4) is 0 Å². The molecule has 0 radical (unpaired) electrons. The first-order chi connectivity index (χ1) is 9.22. The van der Waals surface area contributed by atoms with Crippen molar-refractivity contribution in [3.63, 3.8) is 0 Å². The van der Waals surface area contributed by atoms with Crippen LogP contribution < -0.4 is 16.0 Å². The van der Waals surface area contributed by atoms with Gasteiger partial charge in [-0.3, -0.25) is 4.79 Å². The van der Waals surface area contributed by atoms with Crippen molar-refractivity contribution in [3.8, 4) is 0 Å². The Bertz CT molecular complexity index is 432. The van der Waals surface area contributed by atoms with Crippen LogP contribution in [0.1, 0.15) is 12.8 Å². The molecular formula is C13H20N4O2. The minimum Gasteiger partial charge on any atom is -0.383 e. The largest absolute Gasteiger partial charge is 0.383 e. The fourth-order valence-corrected chi connectivity index (χ4v) is 2.16. The molecule has 1 amide bonds. The predicted octanol–water partition coefficient (Wildman–Crippen LogP) is 0.594. The zero-order valence-electron chi connectivity index (χ0n) is 11.1. The van der Waals surface area contributed by atoms with Gasteiger partial charge in [0.05, 0.1) is 12.3 Å². The van der Waals surface area contributed by atoms with Crippen LogP contribution in [-0.2, 0) is 9.53 Å². The van der Waals surface area contributed by atoms with Crippen LogP contribution in [0.4, 0.5) is 11.5 Å². The Kier molecular flexibility index (Phi) is 4.70. The molecule has 3 N–H and O–H groups in total. The Hall–Kier alpha value is -1.66. The highest BCUT2D eigenvalue weighted by Crippen LogP contribution is 2.25. The lowest BCUT2D eigenvalue weighted by molar-refractivity contribution is -0.118. The third kappa shape index (κ3) is 3.42. The van der Waals surface area contributed by atoms with Gasteiger partial charge in [-0.15, -0.1) is 0 Å². The highest BCUT2D eigenvalue weighted by Gasteiger charge is 2.19. The summed E-state index contributed by atoms with van der Waals surface area (Å²) in [6.45, 7) is 2.15. The van der Waals surface area contributed by atoms with Gasteiger partial charge in [0.2, 0.25) is 5.91 Å². The van der Waals surface area contributed by atoms with Gasteiger partial charge in [-0.05, 0) is 25.0 Å². The molecule has 1 aliphatic rings. The highest BCUT2D eigenvalue weighted by atomic mass is 16.5. The molecule has 1 aliphatic heterocycles.